The summed E-state index contributed by atoms with van der Waals surface area (Å²) >= 11 is 7.12. The van der Waals surface area contributed by atoms with Crippen LogP contribution in [-0.2, 0) is 11.3 Å². The predicted molar refractivity (Wildman–Crippen MR) is 93.7 cm³/mol. The fourth-order valence-corrected chi connectivity index (χ4v) is 3.61. The van der Waals surface area contributed by atoms with Crippen LogP contribution in [0, 0.1) is 16.1 Å². The first-order valence-electron chi connectivity index (χ1n) is 5.01. The molecule has 0 N–H and O–H groups in total. The summed E-state index contributed by atoms with van der Waals surface area (Å²) in [5, 5.41) is 0. The minimum absolute atomic E-state index is 0.237. The van der Waals surface area contributed by atoms with Crippen LogP contribution < -0.4 is 0 Å². The molecule has 0 aliphatic carbocycles. The Kier molecular flexibility index (Phi) is 6.28. The van der Waals surface area contributed by atoms with Gasteiger partial charge in [-0.25, -0.2) is 0 Å². The first kappa shape index (κ1) is 15.4. The van der Waals surface area contributed by atoms with Crippen LogP contribution in [0.4, 0.5) is 0 Å². The van der Waals surface area contributed by atoms with Crippen LogP contribution in [0.1, 0.15) is 26.3 Å². The van der Waals surface area contributed by atoms with E-state index in [0.29, 0.717) is 6.61 Å². The first-order valence-corrected chi connectivity index (χ1v) is 8.24. The van der Waals surface area contributed by atoms with E-state index in [1.54, 1.807) is 0 Å². The van der Waals surface area contributed by atoms with E-state index < -0.39 is 0 Å². The Balaban J connectivity index is 2.67. The van der Waals surface area contributed by atoms with E-state index in [-0.39, 0.29) is 5.41 Å². The zero-order valence-corrected chi connectivity index (χ0v) is 16.1. The molecule has 0 fully saturated rings. The summed E-state index contributed by atoms with van der Waals surface area (Å²) in [6.07, 6.45) is 0. The van der Waals surface area contributed by atoms with Crippen LogP contribution in [-0.4, -0.2) is 6.61 Å². The lowest BCUT2D eigenvalue weighted by molar-refractivity contribution is 0.0595. The van der Waals surface area contributed by atoms with Gasteiger partial charge in [0.05, 0.1) is 13.2 Å². The maximum Gasteiger partial charge on any atom is 0.0728 e. The third kappa shape index (κ3) is 5.34. The Labute approximate surface area is 139 Å². The molecule has 0 saturated heterocycles. The van der Waals surface area contributed by atoms with E-state index in [4.69, 9.17) is 4.74 Å². The molecule has 1 aromatic rings. The molecule has 0 aromatic heterocycles. The highest BCUT2D eigenvalue weighted by molar-refractivity contribution is 14.1. The van der Waals surface area contributed by atoms with Gasteiger partial charge in [-0.2, -0.15) is 0 Å². The Hall–Kier alpha value is 1.37. The second-order valence-electron chi connectivity index (χ2n) is 4.91. The monoisotopic (exact) mass is 556 g/mol. The lowest BCUT2D eigenvalue weighted by Gasteiger charge is -2.18. The molecule has 0 aliphatic rings. The second kappa shape index (κ2) is 6.51. The van der Waals surface area contributed by atoms with E-state index in [1.165, 1.54) is 16.3 Å². The van der Waals surface area contributed by atoms with Crippen molar-refractivity contribution in [1.29, 1.82) is 0 Å². The fraction of sp³-hybridized carbons (Fsp3) is 0.500. The maximum absolute atomic E-state index is 5.76. The number of hydrogen-bond donors (Lipinski definition) is 0. The van der Waals surface area contributed by atoms with Gasteiger partial charge in [0.2, 0.25) is 0 Å². The topological polar surface area (TPSA) is 9.23 Å². The summed E-state index contributed by atoms with van der Waals surface area (Å²) in [7, 11) is 0. The molecule has 16 heavy (non-hydrogen) atoms. The lowest BCUT2D eigenvalue weighted by Crippen LogP contribution is -2.14. The Morgan fingerprint density at radius 3 is 2.31 bits per heavy atom. The molecule has 4 heteroatoms. The zero-order chi connectivity index (χ0) is 12.3. The molecular formula is C12H15I3O. The molecule has 0 heterocycles. The summed E-state index contributed by atoms with van der Waals surface area (Å²) in [5.74, 6) is 0. The van der Waals surface area contributed by atoms with E-state index in [9.17, 15) is 0 Å². The van der Waals surface area contributed by atoms with Crippen LogP contribution in [0.5, 0.6) is 0 Å². The summed E-state index contributed by atoms with van der Waals surface area (Å²) in [5.41, 5.74) is 1.53. The fourth-order valence-electron chi connectivity index (χ4n) is 1.18. The predicted octanol–water partition coefficient (Wildman–Crippen LogP) is 5.06. The summed E-state index contributed by atoms with van der Waals surface area (Å²) < 4.78 is 9.66. The standard InChI is InChI=1S/C12H15I3O/c1-12(2,3)7-16-6-8-4-9(13)5-10(14)11(8)15/h4-5H,6-7H2,1-3H3. The van der Waals surface area contributed by atoms with Crippen molar-refractivity contribution in [2.45, 2.75) is 27.4 Å². The Morgan fingerprint density at radius 1 is 1.12 bits per heavy atom. The maximum atomic E-state index is 5.76. The molecule has 1 nitrogen and oxygen atoms in total. The van der Waals surface area contributed by atoms with Gasteiger partial charge in [-0.15, -0.1) is 0 Å². The van der Waals surface area contributed by atoms with Crippen molar-refractivity contribution in [3.8, 4) is 0 Å². The molecule has 0 saturated carbocycles. The largest absolute Gasteiger partial charge is 0.376 e. The van der Waals surface area contributed by atoms with Crippen molar-refractivity contribution >= 4 is 67.8 Å². The number of hydrogen-bond acceptors (Lipinski definition) is 1. The normalized spacial score (nSPS) is 11.9. The third-order valence-electron chi connectivity index (χ3n) is 1.86. The van der Waals surface area contributed by atoms with Gasteiger partial charge >= 0.3 is 0 Å². The van der Waals surface area contributed by atoms with Crippen molar-refractivity contribution in [3.05, 3.63) is 28.4 Å². The van der Waals surface area contributed by atoms with Crippen LogP contribution >= 0.6 is 67.8 Å². The number of benzene rings is 1. The average Bonchev–Trinajstić information content (AvgIpc) is 2.11. The minimum Gasteiger partial charge on any atom is -0.376 e. The Morgan fingerprint density at radius 2 is 1.75 bits per heavy atom. The van der Waals surface area contributed by atoms with E-state index in [0.717, 1.165) is 6.61 Å². The molecule has 0 unspecified atom stereocenters. The van der Waals surface area contributed by atoms with Gasteiger partial charge in [0.15, 0.2) is 0 Å². The van der Waals surface area contributed by atoms with Gasteiger partial charge < -0.3 is 4.74 Å². The van der Waals surface area contributed by atoms with Gasteiger partial charge in [-0.05, 0) is 90.9 Å². The second-order valence-corrected chi connectivity index (χ2v) is 8.40. The quantitative estimate of drug-likeness (QED) is 0.374. The van der Waals surface area contributed by atoms with Crippen molar-refractivity contribution in [1.82, 2.24) is 0 Å². The highest BCUT2D eigenvalue weighted by Crippen LogP contribution is 2.24. The van der Waals surface area contributed by atoms with Crippen LogP contribution in [0.25, 0.3) is 0 Å². The molecule has 0 spiro atoms. The van der Waals surface area contributed by atoms with Gasteiger partial charge in [-0.3, -0.25) is 0 Å². The molecule has 0 aliphatic heterocycles. The molecule has 90 valence electrons. The van der Waals surface area contributed by atoms with Gasteiger partial charge in [-0.1, -0.05) is 20.8 Å². The van der Waals surface area contributed by atoms with Gasteiger partial charge in [0.25, 0.3) is 0 Å². The van der Waals surface area contributed by atoms with E-state index >= 15 is 0 Å². The molecule has 0 radical (unpaired) electrons. The Bertz CT molecular complexity index is 369. The molecule has 0 amide bonds. The van der Waals surface area contributed by atoms with Gasteiger partial charge in [0, 0.05) is 10.7 Å². The summed E-state index contributed by atoms with van der Waals surface area (Å²) in [4.78, 5) is 0. The van der Waals surface area contributed by atoms with Crippen molar-refractivity contribution in [3.63, 3.8) is 0 Å². The molecule has 1 aromatic carbocycles. The van der Waals surface area contributed by atoms with Crippen LogP contribution in [0.2, 0.25) is 0 Å². The van der Waals surface area contributed by atoms with Crippen LogP contribution in [0.15, 0.2) is 12.1 Å². The molecule has 0 atom stereocenters. The van der Waals surface area contributed by atoms with E-state index in [1.807, 2.05) is 0 Å². The number of rotatable bonds is 3. The average molecular weight is 556 g/mol. The third-order valence-corrected chi connectivity index (χ3v) is 5.64. The zero-order valence-electron chi connectivity index (χ0n) is 9.61. The lowest BCUT2D eigenvalue weighted by atomic mass is 9.99. The van der Waals surface area contributed by atoms with Crippen LogP contribution in [0.3, 0.4) is 0 Å². The van der Waals surface area contributed by atoms with Crippen molar-refractivity contribution < 1.29 is 4.74 Å². The smallest absolute Gasteiger partial charge is 0.0728 e. The van der Waals surface area contributed by atoms with Crippen molar-refractivity contribution in [2.75, 3.05) is 6.61 Å². The minimum atomic E-state index is 0.237. The summed E-state index contributed by atoms with van der Waals surface area (Å²) in [6, 6.07) is 4.39. The van der Waals surface area contributed by atoms with E-state index in [2.05, 4.69) is 101 Å². The number of halogens is 3. The van der Waals surface area contributed by atoms with Gasteiger partial charge in [0.1, 0.15) is 0 Å². The molecular weight excluding hydrogens is 541 g/mol. The number of ether oxygens (including phenoxy) is 1. The highest BCUT2D eigenvalue weighted by Gasteiger charge is 2.11. The van der Waals surface area contributed by atoms with Crippen molar-refractivity contribution in [2.24, 2.45) is 5.41 Å². The first-order chi connectivity index (χ1) is 7.29. The highest BCUT2D eigenvalue weighted by atomic mass is 127. The molecule has 1 rings (SSSR count). The SMILES string of the molecule is CC(C)(C)COCc1cc(I)cc(I)c1I. The molecule has 0 bridgehead atoms. The summed E-state index contributed by atoms with van der Waals surface area (Å²) in [6.45, 7) is 8.08.